The number of aromatic amines is 1. The summed E-state index contributed by atoms with van der Waals surface area (Å²) in [4.78, 5) is 46.8. The summed E-state index contributed by atoms with van der Waals surface area (Å²) in [6, 6.07) is 14.3. The molecule has 0 fully saturated rings. The quantitative estimate of drug-likeness (QED) is 0.385. The van der Waals surface area contributed by atoms with Crippen molar-refractivity contribution in [2.45, 2.75) is 13.5 Å². The Hall–Kier alpha value is -4.47. The number of benzene rings is 2. The van der Waals surface area contributed by atoms with Crippen molar-refractivity contribution in [2.24, 2.45) is 0 Å². The molecule has 4 aromatic rings. The van der Waals surface area contributed by atoms with Gasteiger partial charge in [0.1, 0.15) is 11.3 Å². The van der Waals surface area contributed by atoms with E-state index in [1.807, 2.05) is 18.2 Å². The topological polar surface area (TPSA) is 131 Å². The summed E-state index contributed by atoms with van der Waals surface area (Å²) in [6.45, 7) is 1.60. The molecular formula is C22H19N6O4. The van der Waals surface area contributed by atoms with E-state index in [2.05, 4.69) is 25.6 Å². The largest absolute Gasteiger partial charge is 0.496 e. The van der Waals surface area contributed by atoms with Crippen molar-refractivity contribution in [3.63, 3.8) is 0 Å². The SMILES string of the molecule is COc1ccccc1Cn1c(=O)[nH]c2c(N[C]=O)nc(-c3cccc(NC(C)=O)c3)nc21. The first-order valence-corrected chi connectivity index (χ1v) is 9.63. The molecule has 0 atom stereocenters. The number of ether oxygens (including phenoxy) is 1. The van der Waals surface area contributed by atoms with Crippen LogP contribution in [0.4, 0.5) is 11.5 Å². The van der Waals surface area contributed by atoms with E-state index < -0.39 is 5.69 Å². The molecule has 2 amide bonds. The van der Waals surface area contributed by atoms with Crippen molar-refractivity contribution < 1.29 is 14.3 Å². The predicted molar refractivity (Wildman–Crippen MR) is 119 cm³/mol. The van der Waals surface area contributed by atoms with Gasteiger partial charge >= 0.3 is 12.1 Å². The van der Waals surface area contributed by atoms with Gasteiger partial charge in [0, 0.05) is 23.7 Å². The summed E-state index contributed by atoms with van der Waals surface area (Å²) < 4.78 is 6.83. The zero-order chi connectivity index (χ0) is 22.7. The van der Waals surface area contributed by atoms with Gasteiger partial charge in [-0.25, -0.2) is 14.8 Å². The molecule has 0 aliphatic carbocycles. The minimum absolute atomic E-state index is 0.112. The lowest BCUT2D eigenvalue weighted by molar-refractivity contribution is -0.114. The van der Waals surface area contributed by atoms with Crippen molar-refractivity contribution in [3.05, 3.63) is 64.6 Å². The van der Waals surface area contributed by atoms with Crippen LogP contribution >= 0.6 is 0 Å². The second-order valence-corrected chi connectivity index (χ2v) is 6.91. The van der Waals surface area contributed by atoms with E-state index in [4.69, 9.17) is 4.74 Å². The lowest BCUT2D eigenvalue weighted by Crippen LogP contribution is -2.18. The number of fused-ring (bicyclic) bond motifs is 1. The van der Waals surface area contributed by atoms with Crippen LogP contribution in [0.5, 0.6) is 5.75 Å². The Labute approximate surface area is 182 Å². The molecule has 0 unspecified atom stereocenters. The molecule has 0 saturated heterocycles. The highest BCUT2D eigenvalue weighted by Gasteiger charge is 2.18. The van der Waals surface area contributed by atoms with Crippen LogP contribution in [-0.2, 0) is 16.1 Å². The number of nitrogens with zero attached hydrogens (tertiary/aromatic N) is 3. The third-order valence-corrected chi connectivity index (χ3v) is 4.75. The summed E-state index contributed by atoms with van der Waals surface area (Å²) >= 11 is 0. The van der Waals surface area contributed by atoms with E-state index in [9.17, 15) is 14.4 Å². The van der Waals surface area contributed by atoms with E-state index in [0.717, 1.165) is 5.56 Å². The maximum atomic E-state index is 12.7. The van der Waals surface area contributed by atoms with Crippen LogP contribution in [0, 0.1) is 0 Å². The number of nitrogens with one attached hydrogen (secondary N) is 3. The average molecular weight is 431 g/mol. The fourth-order valence-corrected chi connectivity index (χ4v) is 3.39. The number of imidazole rings is 1. The maximum absolute atomic E-state index is 12.7. The lowest BCUT2D eigenvalue weighted by Gasteiger charge is -2.10. The zero-order valence-electron chi connectivity index (χ0n) is 17.3. The molecule has 0 aliphatic rings. The van der Waals surface area contributed by atoms with Crippen molar-refractivity contribution in [1.29, 1.82) is 0 Å². The highest BCUT2D eigenvalue weighted by molar-refractivity contribution is 5.91. The summed E-state index contributed by atoms with van der Waals surface area (Å²) in [5.41, 5.74) is 2.09. The molecule has 2 aromatic heterocycles. The van der Waals surface area contributed by atoms with Crippen LogP contribution in [0.3, 0.4) is 0 Å². The minimum atomic E-state index is -0.418. The standard InChI is InChI=1S/C22H19N6O4/c1-13(30)24-16-8-5-7-14(10-16)19-26-20(23-12-29)18-21(27-19)28(22(31)25-18)11-15-6-3-4-9-17(15)32-2/h3-10H,11H2,1-2H3,(H,24,30)(H,25,31)(H,23,26,27,29). The van der Waals surface area contributed by atoms with Crippen LogP contribution in [0.1, 0.15) is 12.5 Å². The van der Waals surface area contributed by atoms with Crippen LogP contribution in [0.15, 0.2) is 53.3 Å². The van der Waals surface area contributed by atoms with E-state index in [1.165, 1.54) is 11.5 Å². The van der Waals surface area contributed by atoms with Gasteiger partial charge in [0.05, 0.1) is 13.7 Å². The fraction of sp³-hybridized carbons (Fsp3) is 0.136. The number of H-pyrrole nitrogens is 1. The minimum Gasteiger partial charge on any atom is -0.496 e. The number of aromatic nitrogens is 4. The number of para-hydroxylation sites is 1. The van der Waals surface area contributed by atoms with Gasteiger partial charge in [-0.2, -0.15) is 0 Å². The van der Waals surface area contributed by atoms with Crippen LogP contribution in [0.25, 0.3) is 22.6 Å². The van der Waals surface area contributed by atoms with Crippen molar-refractivity contribution in [3.8, 4) is 17.1 Å². The normalized spacial score (nSPS) is 10.7. The Balaban J connectivity index is 1.88. The Bertz CT molecular complexity index is 1370. The molecule has 0 aliphatic heterocycles. The van der Waals surface area contributed by atoms with Crippen molar-refractivity contribution in [2.75, 3.05) is 17.7 Å². The van der Waals surface area contributed by atoms with Crippen LogP contribution in [0.2, 0.25) is 0 Å². The monoisotopic (exact) mass is 431 g/mol. The molecule has 0 bridgehead atoms. The number of anilines is 2. The number of hydrogen-bond acceptors (Lipinski definition) is 6. The molecular weight excluding hydrogens is 412 g/mol. The number of amides is 2. The number of carbonyl (C=O) groups excluding carboxylic acids is 2. The molecule has 1 radical (unpaired) electrons. The van der Waals surface area contributed by atoms with E-state index in [0.29, 0.717) is 22.6 Å². The third-order valence-electron chi connectivity index (χ3n) is 4.75. The highest BCUT2D eigenvalue weighted by atomic mass is 16.5. The van der Waals surface area contributed by atoms with E-state index >= 15 is 0 Å². The van der Waals surface area contributed by atoms with Gasteiger partial charge in [-0.3, -0.25) is 14.2 Å². The first kappa shape index (κ1) is 20.8. The van der Waals surface area contributed by atoms with Crippen molar-refractivity contribution >= 4 is 35.0 Å². The summed E-state index contributed by atoms with van der Waals surface area (Å²) in [6.07, 6.45) is 1.59. The Morgan fingerprint density at radius 3 is 2.75 bits per heavy atom. The van der Waals surface area contributed by atoms with Crippen LogP contribution < -0.4 is 21.1 Å². The van der Waals surface area contributed by atoms with Gasteiger partial charge in [-0.15, -0.1) is 0 Å². The van der Waals surface area contributed by atoms with Gasteiger partial charge in [-0.05, 0) is 18.2 Å². The van der Waals surface area contributed by atoms with Gasteiger partial charge in [0.15, 0.2) is 17.3 Å². The van der Waals surface area contributed by atoms with Gasteiger partial charge in [0.25, 0.3) is 0 Å². The predicted octanol–water partition coefficient (Wildman–Crippen LogP) is 2.28. The Morgan fingerprint density at radius 2 is 2.00 bits per heavy atom. The number of methoxy groups -OCH3 is 1. The number of carbonyl (C=O) groups is 1. The van der Waals surface area contributed by atoms with Gasteiger partial charge in [0.2, 0.25) is 5.91 Å². The maximum Gasteiger partial charge on any atom is 0.328 e. The summed E-state index contributed by atoms with van der Waals surface area (Å²) in [7, 11) is 1.56. The Kier molecular flexibility index (Phi) is 5.67. The molecule has 3 N–H and O–H groups in total. The molecule has 10 heteroatoms. The second kappa shape index (κ2) is 8.72. The van der Waals surface area contributed by atoms with Crippen molar-refractivity contribution in [1.82, 2.24) is 19.5 Å². The summed E-state index contributed by atoms with van der Waals surface area (Å²) in [5.74, 6) is 0.786. The molecule has 0 spiro atoms. The molecule has 4 rings (SSSR count). The molecule has 0 saturated carbocycles. The Morgan fingerprint density at radius 1 is 1.19 bits per heavy atom. The number of hydrogen-bond donors (Lipinski definition) is 3. The second-order valence-electron chi connectivity index (χ2n) is 6.91. The van der Waals surface area contributed by atoms with Gasteiger partial charge < -0.3 is 20.4 Å². The molecule has 2 heterocycles. The highest BCUT2D eigenvalue weighted by Crippen LogP contribution is 2.26. The lowest BCUT2D eigenvalue weighted by atomic mass is 10.2. The third kappa shape index (κ3) is 4.06. The molecule has 32 heavy (non-hydrogen) atoms. The van der Waals surface area contributed by atoms with Crippen LogP contribution in [-0.4, -0.2) is 38.9 Å². The average Bonchev–Trinajstić information content (AvgIpc) is 3.09. The fourth-order valence-electron chi connectivity index (χ4n) is 3.39. The van der Waals surface area contributed by atoms with E-state index in [1.54, 1.807) is 43.9 Å². The number of rotatable bonds is 7. The molecule has 10 nitrogen and oxygen atoms in total. The summed E-state index contributed by atoms with van der Waals surface area (Å²) in [5, 5.41) is 5.10. The first-order chi connectivity index (χ1) is 15.5. The first-order valence-electron chi connectivity index (χ1n) is 9.63. The van der Waals surface area contributed by atoms with E-state index in [-0.39, 0.29) is 29.6 Å². The molecule has 161 valence electrons. The van der Waals surface area contributed by atoms with Gasteiger partial charge in [-0.1, -0.05) is 30.3 Å². The zero-order valence-corrected chi connectivity index (χ0v) is 17.3. The smallest absolute Gasteiger partial charge is 0.328 e. The molecule has 2 aromatic carbocycles.